The smallest absolute Gasteiger partial charge is 0.411 e. The van der Waals surface area contributed by atoms with E-state index in [1.165, 1.54) is 13.0 Å². The predicted octanol–water partition coefficient (Wildman–Crippen LogP) is 3.74. The SMILES string of the molecule is CC(C)OC(=O)Nc1cc(C(F)F)c(F)c([C@@H](C)N)c1. The number of carbonyl (C=O) groups is 1. The molecule has 0 saturated carbocycles. The normalized spacial score (nSPS) is 12.7. The quantitative estimate of drug-likeness (QED) is 0.887. The van der Waals surface area contributed by atoms with Crippen molar-refractivity contribution in [2.45, 2.75) is 39.3 Å². The molecule has 0 heterocycles. The van der Waals surface area contributed by atoms with Crippen molar-refractivity contribution < 1.29 is 22.7 Å². The average molecular weight is 290 g/mol. The van der Waals surface area contributed by atoms with Crippen LogP contribution in [0, 0.1) is 5.82 Å². The number of anilines is 1. The Morgan fingerprint density at radius 3 is 2.25 bits per heavy atom. The molecular weight excluding hydrogens is 273 g/mol. The maximum atomic E-state index is 13.8. The van der Waals surface area contributed by atoms with Gasteiger partial charge in [0.1, 0.15) is 5.82 Å². The lowest BCUT2D eigenvalue weighted by Gasteiger charge is -2.15. The van der Waals surface area contributed by atoms with Gasteiger partial charge in [0.25, 0.3) is 6.43 Å². The van der Waals surface area contributed by atoms with Gasteiger partial charge in [-0.3, -0.25) is 5.32 Å². The van der Waals surface area contributed by atoms with Crippen LogP contribution in [0.4, 0.5) is 23.7 Å². The summed E-state index contributed by atoms with van der Waals surface area (Å²) >= 11 is 0. The topological polar surface area (TPSA) is 64.3 Å². The molecule has 1 aromatic rings. The van der Waals surface area contributed by atoms with Crippen molar-refractivity contribution in [3.05, 3.63) is 29.1 Å². The molecular formula is C13H17F3N2O2. The molecule has 0 bridgehead atoms. The van der Waals surface area contributed by atoms with Crippen molar-refractivity contribution in [3.8, 4) is 0 Å². The van der Waals surface area contributed by atoms with E-state index in [1.54, 1.807) is 13.8 Å². The molecule has 1 amide bonds. The molecule has 0 unspecified atom stereocenters. The summed E-state index contributed by atoms with van der Waals surface area (Å²) in [5, 5.41) is 2.27. The zero-order valence-corrected chi connectivity index (χ0v) is 11.4. The number of amides is 1. The van der Waals surface area contributed by atoms with E-state index in [1.807, 2.05) is 0 Å². The van der Waals surface area contributed by atoms with Gasteiger partial charge in [0.2, 0.25) is 0 Å². The van der Waals surface area contributed by atoms with Gasteiger partial charge in [0.05, 0.1) is 11.7 Å². The van der Waals surface area contributed by atoms with E-state index in [0.29, 0.717) is 0 Å². The molecule has 7 heteroatoms. The number of carbonyl (C=O) groups excluding carboxylic acids is 1. The summed E-state index contributed by atoms with van der Waals surface area (Å²) in [6.07, 6.45) is -4.17. The van der Waals surface area contributed by atoms with Crippen LogP contribution in [0.25, 0.3) is 0 Å². The number of nitrogens with one attached hydrogen (secondary N) is 1. The molecule has 0 saturated heterocycles. The van der Waals surface area contributed by atoms with E-state index < -0.39 is 29.9 Å². The number of nitrogens with two attached hydrogens (primary N) is 1. The highest BCUT2D eigenvalue weighted by molar-refractivity contribution is 5.85. The summed E-state index contributed by atoms with van der Waals surface area (Å²) in [6.45, 7) is 4.74. The van der Waals surface area contributed by atoms with E-state index >= 15 is 0 Å². The summed E-state index contributed by atoms with van der Waals surface area (Å²) in [6, 6.07) is 1.30. The first-order valence-corrected chi connectivity index (χ1v) is 6.07. The molecule has 4 nitrogen and oxygen atoms in total. The fraction of sp³-hybridized carbons (Fsp3) is 0.462. The second-order valence-corrected chi connectivity index (χ2v) is 4.64. The molecule has 0 aliphatic heterocycles. The molecule has 1 aromatic carbocycles. The van der Waals surface area contributed by atoms with Gasteiger partial charge in [0, 0.05) is 17.3 Å². The van der Waals surface area contributed by atoms with Crippen LogP contribution in [0.5, 0.6) is 0 Å². The molecule has 0 aromatic heterocycles. The number of alkyl halides is 2. The number of halogens is 3. The van der Waals surface area contributed by atoms with Crippen LogP contribution >= 0.6 is 0 Å². The number of ether oxygens (including phenoxy) is 1. The van der Waals surface area contributed by atoms with Crippen LogP contribution in [0.1, 0.15) is 44.4 Å². The van der Waals surface area contributed by atoms with E-state index in [0.717, 1.165) is 6.07 Å². The summed E-state index contributed by atoms with van der Waals surface area (Å²) in [5.41, 5.74) is 4.65. The second-order valence-electron chi connectivity index (χ2n) is 4.64. The number of rotatable bonds is 4. The average Bonchev–Trinajstić information content (AvgIpc) is 2.29. The molecule has 0 radical (unpaired) electrons. The zero-order chi connectivity index (χ0) is 15.4. The number of hydrogen-bond donors (Lipinski definition) is 2. The maximum Gasteiger partial charge on any atom is 0.411 e. The Kier molecular flexibility index (Phi) is 5.38. The van der Waals surface area contributed by atoms with Crippen LogP contribution < -0.4 is 11.1 Å². The van der Waals surface area contributed by atoms with Crippen LogP contribution in [0.2, 0.25) is 0 Å². The van der Waals surface area contributed by atoms with Gasteiger partial charge >= 0.3 is 6.09 Å². The minimum absolute atomic E-state index is 0.0136. The summed E-state index contributed by atoms with van der Waals surface area (Å²) in [4.78, 5) is 11.4. The molecule has 1 atom stereocenters. The van der Waals surface area contributed by atoms with E-state index in [2.05, 4.69) is 5.32 Å². The van der Waals surface area contributed by atoms with Crippen molar-refractivity contribution in [3.63, 3.8) is 0 Å². The maximum absolute atomic E-state index is 13.8. The van der Waals surface area contributed by atoms with Crippen LogP contribution in [-0.4, -0.2) is 12.2 Å². The Morgan fingerprint density at radius 2 is 1.80 bits per heavy atom. The first kappa shape index (κ1) is 16.3. The largest absolute Gasteiger partial charge is 0.447 e. The summed E-state index contributed by atoms with van der Waals surface area (Å²) in [7, 11) is 0. The van der Waals surface area contributed by atoms with Crippen molar-refractivity contribution in [2.75, 3.05) is 5.32 Å². The highest BCUT2D eigenvalue weighted by atomic mass is 19.3. The highest BCUT2D eigenvalue weighted by Gasteiger charge is 2.21. The molecule has 20 heavy (non-hydrogen) atoms. The third-order valence-electron chi connectivity index (χ3n) is 2.44. The number of hydrogen-bond acceptors (Lipinski definition) is 3. The Labute approximate surface area is 115 Å². The molecule has 0 fully saturated rings. The molecule has 0 aliphatic carbocycles. The van der Waals surface area contributed by atoms with Gasteiger partial charge in [-0.15, -0.1) is 0 Å². The van der Waals surface area contributed by atoms with E-state index in [9.17, 15) is 18.0 Å². The lowest BCUT2D eigenvalue weighted by molar-refractivity contribution is 0.129. The first-order valence-electron chi connectivity index (χ1n) is 6.07. The first-order chi connectivity index (χ1) is 9.22. The Bertz CT molecular complexity index is 461. The van der Waals surface area contributed by atoms with Crippen molar-refractivity contribution in [1.29, 1.82) is 0 Å². The zero-order valence-electron chi connectivity index (χ0n) is 11.4. The van der Waals surface area contributed by atoms with Crippen LogP contribution in [0.3, 0.4) is 0 Å². The molecule has 3 N–H and O–H groups in total. The minimum Gasteiger partial charge on any atom is -0.447 e. The fourth-order valence-corrected chi connectivity index (χ4v) is 1.59. The lowest BCUT2D eigenvalue weighted by Crippen LogP contribution is -2.19. The molecule has 1 rings (SSSR count). The highest BCUT2D eigenvalue weighted by Crippen LogP contribution is 2.30. The van der Waals surface area contributed by atoms with Crippen molar-refractivity contribution in [1.82, 2.24) is 0 Å². The Morgan fingerprint density at radius 1 is 1.25 bits per heavy atom. The third-order valence-corrected chi connectivity index (χ3v) is 2.44. The van der Waals surface area contributed by atoms with Gasteiger partial charge < -0.3 is 10.5 Å². The van der Waals surface area contributed by atoms with Gasteiger partial charge in [-0.2, -0.15) is 0 Å². The van der Waals surface area contributed by atoms with Gasteiger partial charge in [-0.05, 0) is 32.9 Å². The Balaban J connectivity index is 3.11. The molecule has 0 spiro atoms. The van der Waals surface area contributed by atoms with Crippen LogP contribution in [-0.2, 0) is 4.74 Å². The Hall–Kier alpha value is -1.76. The standard InChI is InChI=1S/C13H17F3N2O2/c1-6(2)20-13(19)18-8-4-9(7(3)17)11(14)10(5-8)12(15)16/h4-7,12H,17H2,1-3H3,(H,18,19)/t7-/m1/s1. The molecule has 112 valence electrons. The predicted molar refractivity (Wildman–Crippen MR) is 69.2 cm³/mol. The second kappa shape index (κ2) is 6.60. The molecule has 0 aliphatic rings. The third kappa shape index (κ3) is 4.12. The monoisotopic (exact) mass is 290 g/mol. The van der Waals surface area contributed by atoms with E-state index in [-0.39, 0.29) is 17.4 Å². The fourth-order valence-electron chi connectivity index (χ4n) is 1.59. The summed E-state index contributed by atoms with van der Waals surface area (Å²) < 4.78 is 44.2. The van der Waals surface area contributed by atoms with Crippen LogP contribution in [0.15, 0.2) is 12.1 Å². The lowest BCUT2D eigenvalue weighted by atomic mass is 10.0. The number of benzene rings is 1. The van der Waals surface area contributed by atoms with E-state index in [4.69, 9.17) is 10.5 Å². The van der Waals surface area contributed by atoms with Crippen molar-refractivity contribution >= 4 is 11.8 Å². The minimum atomic E-state index is -3.00. The summed E-state index contributed by atoms with van der Waals surface area (Å²) in [5.74, 6) is -1.06. The van der Waals surface area contributed by atoms with Crippen molar-refractivity contribution in [2.24, 2.45) is 5.73 Å². The van der Waals surface area contributed by atoms with Gasteiger partial charge in [0.15, 0.2) is 0 Å². The van der Waals surface area contributed by atoms with Gasteiger partial charge in [-0.1, -0.05) is 0 Å². The van der Waals surface area contributed by atoms with Gasteiger partial charge in [-0.25, -0.2) is 18.0 Å².